The summed E-state index contributed by atoms with van der Waals surface area (Å²) in [4.78, 5) is 14.9. The molecule has 0 aliphatic carbocycles. The van der Waals surface area contributed by atoms with E-state index in [0.29, 0.717) is 26.1 Å². The predicted molar refractivity (Wildman–Crippen MR) is 142 cm³/mol. The van der Waals surface area contributed by atoms with Crippen molar-refractivity contribution in [3.05, 3.63) is 59.7 Å². The number of aliphatic hydroxyl groups is 1. The summed E-state index contributed by atoms with van der Waals surface area (Å²) in [6.45, 7) is 6.77. The molecule has 1 heterocycles. The molecule has 0 aromatic heterocycles. The average molecular weight is 482 g/mol. The first-order valence-corrected chi connectivity index (χ1v) is 13.0. The molecule has 0 bridgehead atoms. The summed E-state index contributed by atoms with van der Waals surface area (Å²) in [6, 6.07) is 16.6. The second kappa shape index (κ2) is 13.1. The van der Waals surface area contributed by atoms with Gasteiger partial charge in [0.2, 0.25) is 0 Å². The number of urea groups is 1. The van der Waals surface area contributed by atoms with Crippen LogP contribution in [-0.4, -0.2) is 62.5 Å². The number of carbonyl (C=O) groups is 1. The molecule has 35 heavy (non-hydrogen) atoms. The Balaban J connectivity index is 1.93. The van der Waals surface area contributed by atoms with Crippen LogP contribution in [0.2, 0.25) is 0 Å². The minimum absolute atomic E-state index is 0.0441. The summed E-state index contributed by atoms with van der Waals surface area (Å²) in [5.41, 5.74) is 3.32. The fourth-order valence-electron chi connectivity index (χ4n) is 5.38. The van der Waals surface area contributed by atoms with Gasteiger partial charge in [0.25, 0.3) is 0 Å². The number of nitrogens with one attached hydrogen (secondary N) is 2. The molecule has 192 valence electrons. The first-order chi connectivity index (χ1) is 16.9. The van der Waals surface area contributed by atoms with Crippen molar-refractivity contribution < 1.29 is 14.6 Å². The molecule has 0 spiro atoms. The van der Waals surface area contributed by atoms with Gasteiger partial charge in [0.05, 0.1) is 5.60 Å². The van der Waals surface area contributed by atoms with Crippen LogP contribution in [0, 0.1) is 12.8 Å². The zero-order valence-corrected chi connectivity index (χ0v) is 21.8. The molecular weight excluding hydrogens is 438 g/mol. The molecule has 6 heteroatoms. The third kappa shape index (κ3) is 6.84. The van der Waals surface area contributed by atoms with E-state index in [9.17, 15) is 9.90 Å². The normalized spacial score (nSPS) is 18.7. The lowest BCUT2D eigenvalue weighted by Gasteiger charge is -2.44. The van der Waals surface area contributed by atoms with E-state index < -0.39 is 5.60 Å². The Kier molecular flexibility index (Phi) is 10.1. The highest BCUT2D eigenvalue weighted by atomic mass is 16.5. The van der Waals surface area contributed by atoms with Crippen molar-refractivity contribution in [1.82, 2.24) is 15.5 Å². The van der Waals surface area contributed by atoms with Gasteiger partial charge in [-0.3, -0.25) is 0 Å². The molecule has 3 rings (SSSR count). The highest BCUT2D eigenvalue weighted by Gasteiger charge is 2.42. The maximum atomic E-state index is 13.0. The molecule has 0 radical (unpaired) electrons. The van der Waals surface area contributed by atoms with Crippen molar-refractivity contribution in [3.63, 3.8) is 0 Å². The van der Waals surface area contributed by atoms with Crippen LogP contribution in [0.4, 0.5) is 4.79 Å². The Morgan fingerprint density at radius 1 is 1.17 bits per heavy atom. The molecule has 1 aliphatic rings. The van der Waals surface area contributed by atoms with Crippen LogP contribution in [-0.2, 0) is 10.3 Å². The molecule has 1 saturated heterocycles. The van der Waals surface area contributed by atoms with Crippen LogP contribution < -0.4 is 10.6 Å². The first kappa shape index (κ1) is 27.2. The van der Waals surface area contributed by atoms with Gasteiger partial charge in [-0.05, 0) is 75.3 Å². The number of hydrogen-bond acceptors (Lipinski definition) is 4. The molecule has 1 fully saturated rings. The van der Waals surface area contributed by atoms with Crippen molar-refractivity contribution in [2.45, 2.75) is 57.6 Å². The Hall–Kier alpha value is -2.41. The van der Waals surface area contributed by atoms with Gasteiger partial charge in [0, 0.05) is 45.3 Å². The summed E-state index contributed by atoms with van der Waals surface area (Å²) in [6.07, 6.45) is 4.15. The number of unbranched alkanes of at least 4 members (excludes halogenated alkanes) is 1. The molecular formula is C29H43N3O3. The first-order valence-electron chi connectivity index (χ1n) is 13.0. The quantitative estimate of drug-likeness (QED) is 0.407. The Morgan fingerprint density at radius 2 is 1.89 bits per heavy atom. The summed E-state index contributed by atoms with van der Waals surface area (Å²) in [5, 5.41) is 18.7. The number of carbonyl (C=O) groups excluding carboxylic acids is 1. The fraction of sp³-hybridized carbons (Fsp3) is 0.552. The molecule has 6 nitrogen and oxygen atoms in total. The van der Waals surface area contributed by atoms with E-state index in [1.54, 1.807) is 7.11 Å². The van der Waals surface area contributed by atoms with Gasteiger partial charge in [-0.15, -0.1) is 0 Å². The minimum atomic E-state index is -1.04. The highest BCUT2D eigenvalue weighted by Crippen LogP contribution is 2.44. The van der Waals surface area contributed by atoms with Gasteiger partial charge < -0.3 is 25.4 Å². The second-order valence-corrected chi connectivity index (χ2v) is 9.93. The maximum Gasteiger partial charge on any atom is 0.317 e. The summed E-state index contributed by atoms with van der Waals surface area (Å²) in [5.74, 6) is -0.0469. The monoisotopic (exact) mass is 481 g/mol. The third-order valence-corrected chi connectivity index (χ3v) is 7.25. The van der Waals surface area contributed by atoms with Gasteiger partial charge >= 0.3 is 6.03 Å². The van der Waals surface area contributed by atoms with Gasteiger partial charge in [0.15, 0.2) is 0 Å². The number of ether oxygens (including phenoxy) is 1. The molecule has 3 N–H and O–H groups in total. The van der Waals surface area contributed by atoms with Crippen LogP contribution in [0.25, 0.3) is 11.1 Å². The molecule has 2 amide bonds. The fourth-order valence-corrected chi connectivity index (χ4v) is 5.38. The van der Waals surface area contributed by atoms with Crippen molar-refractivity contribution in [3.8, 4) is 11.1 Å². The van der Waals surface area contributed by atoms with E-state index in [2.05, 4.69) is 47.9 Å². The van der Waals surface area contributed by atoms with Gasteiger partial charge in [-0.1, -0.05) is 48.5 Å². The van der Waals surface area contributed by atoms with Crippen LogP contribution in [0.15, 0.2) is 48.5 Å². The van der Waals surface area contributed by atoms with Crippen LogP contribution >= 0.6 is 0 Å². The number of aryl methyl sites for hydroxylation is 1. The van der Waals surface area contributed by atoms with Crippen molar-refractivity contribution in [2.24, 2.45) is 5.92 Å². The molecule has 3 atom stereocenters. The number of piperidine rings is 1. The molecule has 1 aliphatic heterocycles. The van der Waals surface area contributed by atoms with Crippen molar-refractivity contribution in [2.75, 3.05) is 40.4 Å². The van der Waals surface area contributed by atoms with Gasteiger partial charge in [-0.2, -0.15) is 0 Å². The lowest BCUT2D eigenvalue weighted by atomic mass is 9.72. The molecule has 0 saturated carbocycles. The minimum Gasteiger partial charge on any atom is -0.385 e. The summed E-state index contributed by atoms with van der Waals surface area (Å²) < 4.78 is 5.27. The highest BCUT2D eigenvalue weighted by molar-refractivity contribution is 5.75. The van der Waals surface area contributed by atoms with Crippen molar-refractivity contribution >= 4 is 6.03 Å². The SMILES string of the molecule is CNCC(C)NC(=O)N1CCC[C@@H]([C@@](O)(CCCCOC)c2ccccc2-c2ccccc2C)C1. The second-order valence-electron chi connectivity index (χ2n) is 9.93. The van der Waals surface area contributed by atoms with E-state index >= 15 is 0 Å². The van der Waals surface area contributed by atoms with Crippen LogP contribution in [0.3, 0.4) is 0 Å². The maximum absolute atomic E-state index is 13.0. The molecule has 2 aromatic carbocycles. The van der Waals surface area contributed by atoms with Crippen molar-refractivity contribution in [1.29, 1.82) is 0 Å². The van der Waals surface area contributed by atoms with E-state index in [1.807, 2.05) is 37.1 Å². The van der Waals surface area contributed by atoms with E-state index in [-0.39, 0.29) is 18.0 Å². The smallest absolute Gasteiger partial charge is 0.317 e. The van der Waals surface area contributed by atoms with E-state index in [1.165, 1.54) is 5.56 Å². The zero-order chi connectivity index (χ0) is 25.3. The van der Waals surface area contributed by atoms with Gasteiger partial charge in [-0.25, -0.2) is 4.79 Å². The third-order valence-electron chi connectivity index (χ3n) is 7.25. The Bertz CT molecular complexity index is 950. The van der Waals surface area contributed by atoms with Gasteiger partial charge in [0.1, 0.15) is 0 Å². The Labute approximate surface area is 211 Å². The molecule has 2 aromatic rings. The standard InChI is InChI=1S/C29H43N3O3/c1-22-12-5-6-14-25(22)26-15-7-8-16-27(26)29(34,17-9-10-19-35-4)24-13-11-18-32(21-24)28(33)31-23(2)20-30-3/h5-8,12,14-16,23-24,30,34H,9-11,13,17-21H2,1-4H3,(H,31,33)/t23?,24-,29+/m1/s1. The lowest BCUT2D eigenvalue weighted by Crippen LogP contribution is -2.53. The topological polar surface area (TPSA) is 73.8 Å². The van der Waals surface area contributed by atoms with Crippen LogP contribution in [0.1, 0.15) is 50.2 Å². The number of benzene rings is 2. The molecule has 1 unspecified atom stereocenters. The zero-order valence-electron chi connectivity index (χ0n) is 21.8. The Morgan fingerprint density at radius 3 is 2.60 bits per heavy atom. The predicted octanol–water partition coefficient (Wildman–Crippen LogP) is 4.70. The largest absolute Gasteiger partial charge is 0.385 e. The number of likely N-dealkylation sites (N-methyl/N-ethyl adjacent to an activating group) is 1. The number of amides is 2. The average Bonchev–Trinajstić information content (AvgIpc) is 2.87. The summed E-state index contributed by atoms with van der Waals surface area (Å²) in [7, 11) is 3.60. The number of likely N-dealkylation sites (tertiary alicyclic amines) is 1. The number of hydrogen-bond donors (Lipinski definition) is 3. The van der Waals surface area contributed by atoms with E-state index in [4.69, 9.17) is 4.74 Å². The number of methoxy groups -OCH3 is 1. The lowest BCUT2D eigenvalue weighted by molar-refractivity contribution is -0.0559. The van der Waals surface area contributed by atoms with Crippen LogP contribution in [0.5, 0.6) is 0 Å². The summed E-state index contributed by atoms with van der Waals surface area (Å²) >= 11 is 0. The number of nitrogens with zero attached hydrogens (tertiary/aromatic N) is 1. The number of rotatable bonds is 11. The van der Waals surface area contributed by atoms with E-state index in [0.717, 1.165) is 48.9 Å².